The first kappa shape index (κ1) is 17.2. The van der Waals surface area contributed by atoms with Crippen LogP contribution in [0, 0.1) is 0 Å². The maximum Gasteiger partial charge on any atom is 0.255 e. The van der Waals surface area contributed by atoms with Gasteiger partial charge in [0.05, 0.1) is 28.9 Å². The fraction of sp³-hybridized carbons (Fsp3) is 0.278. The SMILES string of the molecule is O=C(Nc1cccc(Cl)c1Cl)c1ccc(CN2CCOCC2)cc1. The van der Waals surface area contributed by atoms with E-state index in [0.29, 0.717) is 21.3 Å². The molecule has 6 heteroatoms. The zero-order chi connectivity index (χ0) is 16.9. The van der Waals surface area contributed by atoms with Crippen molar-refractivity contribution >= 4 is 34.8 Å². The largest absolute Gasteiger partial charge is 0.379 e. The minimum absolute atomic E-state index is 0.211. The summed E-state index contributed by atoms with van der Waals surface area (Å²) in [6.07, 6.45) is 0. The lowest BCUT2D eigenvalue weighted by Gasteiger charge is -2.26. The van der Waals surface area contributed by atoms with Crippen molar-refractivity contribution in [1.29, 1.82) is 0 Å². The van der Waals surface area contributed by atoms with E-state index in [2.05, 4.69) is 10.2 Å². The maximum absolute atomic E-state index is 12.3. The van der Waals surface area contributed by atoms with Crippen LogP contribution >= 0.6 is 23.2 Å². The number of morpholine rings is 1. The molecule has 1 heterocycles. The quantitative estimate of drug-likeness (QED) is 0.888. The number of benzene rings is 2. The third kappa shape index (κ3) is 4.28. The first-order valence-corrected chi connectivity index (χ1v) is 8.53. The standard InChI is InChI=1S/C18H18Cl2N2O2/c19-15-2-1-3-16(17(15)20)21-18(23)14-6-4-13(5-7-14)12-22-8-10-24-11-9-22/h1-7H,8-12H2,(H,21,23). The first-order chi connectivity index (χ1) is 11.6. The fourth-order valence-corrected chi connectivity index (χ4v) is 2.92. The molecule has 3 rings (SSSR count). The Morgan fingerprint density at radius 1 is 1.08 bits per heavy atom. The van der Waals surface area contributed by atoms with Gasteiger partial charge in [-0.1, -0.05) is 41.4 Å². The molecule has 24 heavy (non-hydrogen) atoms. The average Bonchev–Trinajstić information content (AvgIpc) is 2.60. The molecule has 0 bridgehead atoms. The molecule has 1 fully saturated rings. The highest BCUT2D eigenvalue weighted by molar-refractivity contribution is 6.44. The lowest BCUT2D eigenvalue weighted by atomic mass is 10.1. The Morgan fingerprint density at radius 2 is 1.79 bits per heavy atom. The lowest BCUT2D eigenvalue weighted by Crippen LogP contribution is -2.35. The number of ether oxygens (including phenoxy) is 1. The Morgan fingerprint density at radius 3 is 2.50 bits per heavy atom. The van der Waals surface area contributed by atoms with Gasteiger partial charge in [0.15, 0.2) is 0 Å². The highest BCUT2D eigenvalue weighted by Gasteiger charge is 2.12. The molecule has 2 aromatic rings. The predicted molar refractivity (Wildman–Crippen MR) is 97.0 cm³/mol. The molecule has 2 aromatic carbocycles. The van der Waals surface area contributed by atoms with E-state index in [-0.39, 0.29) is 5.91 Å². The summed E-state index contributed by atoms with van der Waals surface area (Å²) in [7, 11) is 0. The third-order valence-electron chi connectivity index (χ3n) is 3.93. The van der Waals surface area contributed by atoms with Gasteiger partial charge in [0.1, 0.15) is 0 Å². The predicted octanol–water partition coefficient (Wildman–Crippen LogP) is 4.08. The van der Waals surface area contributed by atoms with Crippen LogP contribution in [0.15, 0.2) is 42.5 Å². The summed E-state index contributed by atoms with van der Waals surface area (Å²) in [4.78, 5) is 14.7. The number of nitrogens with zero attached hydrogens (tertiary/aromatic N) is 1. The van der Waals surface area contributed by atoms with Crippen molar-refractivity contribution in [1.82, 2.24) is 4.90 Å². The summed E-state index contributed by atoms with van der Waals surface area (Å²) in [6, 6.07) is 12.7. The van der Waals surface area contributed by atoms with Gasteiger partial charge in [0.2, 0.25) is 0 Å². The van der Waals surface area contributed by atoms with Crippen LogP contribution in [0.1, 0.15) is 15.9 Å². The molecule has 0 unspecified atom stereocenters. The van der Waals surface area contributed by atoms with E-state index in [1.54, 1.807) is 18.2 Å². The van der Waals surface area contributed by atoms with E-state index < -0.39 is 0 Å². The second kappa shape index (κ2) is 7.99. The minimum Gasteiger partial charge on any atom is -0.379 e. The van der Waals surface area contributed by atoms with Gasteiger partial charge in [-0.05, 0) is 29.8 Å². The van der Waals surface area contributed by atoms with Crippen molar-refractivity contribution < 1.29 is 9.53 Å². The number of rotatable bonds is 4. The van der Waals surface area contributed by atoms with Gasteiger partial charge in [-0.2, -0.15) is 0 Å². The molecule has 126 valence electrons. The molecule has 1 saturated heterocycles. The summed E-state index contributed by atoms with van der Waals surface area (Å²) < 4.78 is 5.35. The lowest BCUT2D eigenvalue weighted by molar-refractivity contribution is 0.0342. The monoisotopic (exact) mass is 364 g/mol. The molecule has 0 radical (unpaired) electrons. The number of hydrogen-bond acceptors (Lipinski definition) is 3. The van der Waals surface area contributed by atoms with Gasteiger partial charge < -0.3 is 10.1 Å². The molecule has 0 aliphatic carbocycles. The van der Waals surface area contributed by atoms with Crippen molar-refractivity contribution in [3.63, 3.8) is 0 Å². The molecule has 0 saturated carbocycles. The van der Waals surface area contributed by atoms with Gasteiger partial charge in [0, 0.05) is 25.2 Å². The Balaban J connectivity index is 1.64. The third-order valence-corrected chi connectivity index (χ3v) is 4.74. The smallest absolute Gasteiger partial charge is 0.255 e. The number of nitrogens with one attached hydrogen (secondary N) is 1. The van der Waals surface area contributed by atoms with Crippen molar-refractivity contribution in [2.75, 3.05) is 31.6 Å². The second-order valence-electron chi connectivity index (χ2n) is 5.64. The number of carbonyl (C=O) groups is 1. The molecular formula is C18H18Cl2N2O2. The van der Waals surface area contributed by atoms with Crippen LogP contribution in [0.4, 0.5) is 5.69 Å². The fourth-order valence-electron chi connectivity index (χ4n) is 2.57. The molecule has 4 nitrogen and oxygen atoms in total. The van der Waals surface area contributed by atoms with E-state index in [1.807, 2.05) is 24.3 Å². The molecular weight excluding hydrogens is 347 g/mol. The second-order valence-corrected chi connectivity index (χ2v) is 6.43. The van der Waals surface area contributed by atoms with Crippen LogP contribution in [0.2, 0.25) is 10.0 Å². The molecule has 1 N–H and O–H groups in total. The van der Waals surface area contributed by atoms with Gasteiger partial charge in [0.25, 0.3) is 5.91 Å². The Bertz CT molecular complexity index is 713. The van der Waals surface area contributed by atoms with Crippen molar-refractivity contribution in [2.45, 2.75) is 6.54 Å². The molecule has 0 spiro atoms. The van der Waals surface area contributed by atoms with Crippen LogP contribution in [0.5, 0.6) is 0 Å². The number of anilines is 1. The summed E-state index contributed by atoms with van der Waals surface area (Å²) in [6.45, 7) is 4.30. The van der Waals surface area contributed by atoms with E-state index in [0.717, 1.165) is 32.8 Å². The Hall–Kier alpha value is -1.59. The highest BCUT2D eigenvalue weighted by Crippen LogP contribution is 2.29. The van der Waals surface area contributed by atoms with E-state index >= 15 is 0 Å². The van der Waals surface area contributed by atoms with Crippen molar-refractivity contribution in [3.8, 4) is 0 Å². The van der Waals surface area contributed by atoms with Crippen molar-refractivity contribution in [2.24, 2.45) is 0 Å². The van der Waals surface area contributed by atoms with Crippen LogP contribution in [0.25, 0.3) is 0 Å². The van der Waals surface area contributed by atoms with E-state index in [4.69, 9.17) is 27.9 Å². The van der Waals surface area contributed by atoms with Crippen molar-refractivity contribution in [3.05, 3.63) is 63.6 Å². The van der Waals surface area contributed by atoms with Gasteiger partial charge in [-0.25, -0.2) is 0 Å². The summed E-state index contributed by atoms with van der Waals surface area (Å²) >= 11 is 12.1. The van der Waals surface area contributed by atoms with Crippen LogP contribution in [-0.2, 0) is 11.3 Å². The zero-order valence-electron chi connectivity index (χ0n) is 13.1. The number of amides is 1. The van der Waals surface area contributed by atoms with Gasteiger partial charge in [-0.3, -0.25) is 9.69 Å². The molecule has 1 aliphatic heterocycles. The zero-order valence-corrected chi connectivity index (χ0v) is 14.6. The van der Waals surface area contributed by atoms with Crippen LogP contribution in [-0.4, -0.2) is 37.1 Å². The summed E-state index contributed by atoms with van der Waals surface area (Å²) in [5, 5.41) is 3.54. The summed E-state index contributed by atoms with van der Waals surface area (Å²) in [5.74, 6) is -0.211. The normalized spacial score (nSPS) is 15.2. The molecule has 1 aliphatic rings. The minimum atomic E-state index is -0.211. The molecule has 1 amide bonds. The molecule has 0 atom stereocenters. The highest BCUT2D eigenvalue weighted by atomic mass is 35.5. The topological polar surface area (TPSA) is 41.6 Å². The van der Waals surface area contributed by atoms with Crippen LogP contribution < -0.4 is 5.32 Å². The summed E-state index contributed by atoms with van der Waals surface area (Å²) in [5.41, 5.74) is 2.26. The van der Waals surface area contributed by atoms with Gasteiger partial charge >= 0.3 is 0 Å². The number of halogens is 2. The number of carbonyl (C=O) groups excluding carboxylic acids is 1. The number of hydrogen-bond donors (Lipinski definition) is 1. The van der Waals surface area contributed by atoms with E-state index in [1.165, 1.54) is 5.56 Å². The average molecular weight is 365 g/mol. The Kier molecular flexibility index (Phi) is 5.74. The van der Waals surface area contributed by atoms with Gasteiger partial charge in [-0.15, -0.1) is 0 Å². The molecule has 0 aromatic heterocycles. The van der Waals surface area contributed by atoms with E-state index in [9.17, 15) is 4.79 Å². The van der Waals surface area contributed by atoms with Crippen LogP contribution in [0.3, 0.4) is 0 Å². The first-order valence-electron chi connectivity index (χ1n) is 7.78. The Labute approximate surface area is 151 Å². The maximum atomic E-state index is 12.3.